The quantitative estimate of drug-likeness (QED) is 0.824. The van der Waals surface area contributed by atoms with Gasteiger partial charge in [0.1, 0.15) is 11.9 Å². The van der Waals surface area contributed by atoms with Crippen LogP contribution in [-0.2, 0) is 17.6 Å². The number of fused-ring (bicyclic) bond motifs is 1. The molecular formula is C12H17N3OS. The van der Waals surface area contributed by atoms with Crippen molar-refractivity contribution in [1.29, 1.82) is 0 Å². The van der Waals surface area contributed by atoms with Crippen LogP contribution in [0.5, 0.6) is 0 Å². The van der Waals surface area contributed by atoms with E-state index in [0.29, 0.717) is 5.82 Å². The van der Waals surface area contributed by atoms with Crippen LogP contribution in [0, 0.1) is 0 Å². The SMILES string of the molecule is Nc1nc(C2CSCCO2)nc2c1CCCC2. The third-order valence-electron chi connectivity index (χ3n) is 3.34. The van der Waals surface area contributed by atoms with Crippen molar-refractivity contribution in [2.75, 3.05) is 23.8 Å². The van der Waals surface area contributed by atoms with Crippen molar-refractivity contribution in [2.24, 2.45) is 0 Å². The van der Waals surface area contributed by atoms with Crippen LogP contribution < -0.4 is 5.73 Å². The van der Waals surface area contributed by atoms with E-state index in [1.165, 1.54) is 18.4 Å². The number of nitrogens with two attached hydrogens (primary N) is 1. The van der Waals surface area contributed by atoms with Gasteiger partial charge in [-0.1, -0.05) is 0 Å². The van der Waals surface area contributed by atoms with E-state index in [1.807, 2.05) is 11.8 Å². The summed E-state index contributed by atoms with van der Waals surface area (Å²) in [6.07, 6.45) is 4.51. The summed E-state index contributed by atoms with van der Waals surface area (Å²) in [6, 6.07) is 0. The molecule has 92 valence electrons. The number of nitrogens with zero attached hydrogens (tertiary/aromatic N) is 2. The Morgan fingerprint density at radius 3 is 2.94 bits per heavy atom. The van der Waals surface area contributed by atoms with Crippen molar-refractivity contribution < 1.29 is 4.74 Å². The van der Waals surface area contributed by atoms with Crippen molar-refractivity contribution in [1.82, 2.24) is 9.97 Å². The number of aryl methyl sites for hydroxylation is 1. The van der Waals surface area contributed by atoms with E-state index in [4.69, 9.17) is 10.5 Å². The maximum absolute atomic E-state index is 6.04. The number of anilines is 1. The Balaban J connectivity index is 1.92. The van der Waals surface area contributed by atoms with Gasteiger partial charge in [-0.05, 0) is 25.7 Å². The van der Waals surface area contributed by atoms with Gasteiger partial charge in [0.25, 0.3) is 0 Å². The molecule has 1 unspecified atom stereocenters. The number of ether oxygens (including phenoxy) is 1. The molecule has 1 aliphatic carbocycles. The Labute approximate surface area is 105 Å². The van der Waals surface area contributed by atoms with Crippen LogP contribution in [0.2, 0.25) is 0 Å². The molecule has 1 aromatic rings. The van der Waals surface area contributed by atoms with Gasteiger partial charge in [0, 0.05) is 22.8 Å². The van der Waals surface area contributed by atoms with E-state index < -0.39 is 0 Å². The Kier molecular flexibility index (Phi) is 3.20. The topological polar surface area (TPSA) is 61.0 Å². The lowest BCUT2D eigenvalue weighted by Crippen LogP contribution is -2.21. The molecule has 1 aliphatic heterocycles. The van der Waals surface area contributed by atoms with Gasteiger partial charge in [-0.3, -0.25) is 0 Å². The zero-order valence-corrected chi connectivity index (χ0v) is 10.6. The normalized spacial score (nSPS) is 24.4. The van der Waals surface area contributed by atoms with Gasteiger partial charge in [0.15, 0.2) is 5.82 Å². The van der Waals surface area contributed by atoms with E-state index in [0.717, 1.165) is 42.5 Å². The van der Waals surface area contributed by atoms with Crippen molar-refractivity contribution in [2.45, 2.75) is 31.8 Å². The average molecular weight is 251 g/mol. The fraction of sp³-hybridized carbons (Fsp3) is 0.667. The van der Waals surface area contributed by atoms with Gasteiger partial charge in [-0.2, -0.15) is 11.8 Å². The largest absolute Gasteiger partial charge is 0.383 e. The second-order valence-corrected chi connectivity index (χ2v) is 5.68. The van der Waals surface area contributed by atoms with Crippen molar-refractivity contribution in [3.05, 3.63) is 17.1 Å². The second-order valence-electron chi connectivity index (χ2n) is 4.53. The minimum absolute atomic E-state index is 0.0308. The van der Waals surface area contributed by atoms with E-state index in [1.54, 1.807) is 0 Å². The summed E-state index contributed by atoms with van der Waals surface area (Å²) >= 11 is 1.90. The van der Waals surface area contributed by atoms with E-state index >= 15 is 0 Å². The molecule has 0 radical (unpaired) electrons. The average Bonchev–Trinajstić information content (AvgIpc) is 2.40. The molecule has 2 heterocycles. The van der Waals surface area contributed by atoms with E-state index in [9.17, 15) is 0 Å². The molecule has 1 saturated heterocycles. The fourth-order valence-electron chi connectivity index (χ4n) is 2.42. The van der Waals surface area contributed by atoms with Crippen LogP contribution in [0.1, 0.15) is 36.0 Å². The minimum Gasteiger partial charge on any atom is -0.383 e. The van der Waals surface area contributed by atoms with Crippen LogP contribution in [0.4, 0.5) is 5.82 Å². The number of aromatic nitrogens is 2. The van der Waals surface area contributed by atoms with E-state index in [2.05, 4.69) is 9.97 Å². The first-order chi connectivity index (χ1) is 8.34. The Hall–Kier alpha value is -0.810. The molecule has 0 spiro atoms. The Bertz CT molecular complexity index is 418. The van der Waals surface area contributed by atoms with Gasteiger partial charge >= 0.3 is 0 Å². The van der Waals surface area contributed by atoms with Crippen LogP contribution >= 0.6 is 11.8 Å². The third-order valence-corrected chi connectivity index (χ3v) is 4.33. The van der Waals surface area contributed by atoms with Crippen LogP contribution in [0.3, 0.4) is 0 Å². The maximum Gasteiger partial charge on any atom is 0.160 e. The number of hydrogen-bond acceptors (Lipinski definition) is 5. The lowest BCUT2D eigenvalue weighted by molar-refractivity contribution is 0.0693. The standard InChI is InChI=1S/C12H17N3OS/c13-11-8-3-1-2-4-9(8)14-12(15-11)10-7-17-6-5-16-10/h10H,1-7H2,(H2,13,14,15). The number of nitrogen functional groups attached to an aromatic ring is 1. The first kappa shape index (κ1) is 11.3. The summed E-state index contributed by atoms with van der Waals surface area (Å²) in [4.78, 5) is 9.11. The number of rotatable bonds is 1. The van der Waals surface area contributed by atoms with E-state index in [-0.39, 0.29) is 6.10 Å². The summed E-state index contributed by atoms with van der Waals surface area (Å²) in [5.74, 6) is 3.47. The molecule has 2 N–H and O–H groups in total. The summed E-state index contributed by atoms with van der Waals surface area (Å²) in [6.45, 7) is 0.787. The highest BCUT2D eigenvalue weighted by atomic mass is 32.2. The molecule has 0 bridgehead atoms. The lowest BCUT2D eigenvalue weighted by Gasteiger charge is -2.23. The highest BCUT2D eigenvalue weighted by Gasteiger charge is 2.23. The molecular weight excluding hydrogens is 234 g/mol. The molecule has 1 atom stereocenters. The second kappa shape index (κ2) is 4.82. The highest BCUT2D eigenvalue weighted by Crippen LogP contribution is 2.29. The molecule has 5 heteroatoms. The molecule has 1 aromatic heterocycles. The zero-order chi connectivity index (χ0) is 11.7. The highest BCUT2D eigenvalue weighted by molar-refractivity contribution is 7.99. The lowest BCUT2D eigenvalue weighted by atomic mass is 9.96. The molecule has 1 fully saturated rings. The number of thioether (sulfide) groups is 1. The summed E-state index contributed by atoms with van der Waals surface area (Å²) < 4.78 is 5.71. The molecule has 0 aromatic carbocycles. The maximum atomic E-state index is 6.04. The first-order valence-electron chi connectivity index (χ1n) is 6.19. The Morgan fingerprint density at radius 1 is 1.24 bits per heavy atom. The zero-order valence-electron chi connectivity index (χ0n) is 9.82. The molecule has 2 aliphatic rings. The predicted octanol–water partition coefficient (Wildman–Crippen LogP) is 1.74. The van der Waals surface area contributed by atoms with Crippen LogP contribution in [0.25, 0.3) is 0 Å². The molecule has 0 saturated carbocycles. The van der Waals surface area contributed by atoms with Gasteiger partial charge in [-0.15, -0.1) is 0 Å². The van der Waals surface area contributed by atoms with Crippen LogP contribution in [-0.4, -0.2) is 28.1 Å². The minimum atomic E-state index is 0.0308. The summed E-state index contributed by atoms with van der Waals surface area (Å²) in [5.41, 5.74) is 8.36. The third kappa shape index (κ3) is 2.26. The monoisotopic (exact) mass is 251 g/mol. The first-order valence-corrected chi connectivity index (χ1v) is 7.34. The molecule has 4 nitrogen and oxygen atoms in total. The molecule has 17 heavy (non-hydrogen) atoms. The predicted molar refractivity (Wildman–Crippen MR) is 69.1 cm³/mol. The smallest absolute Gasteiger partial charge is 0.160 e. The number of hydrogen-bond donors (Lipinski definition) is 1. The van der Waals surface area contributed by atoms with Gasteiger partial charge in [0.2, 0.25) is 0 Å². The summed E-state index contributed by atoms with van der Waals surface area (Å²) in [5, 5.41) is 0. The van der Waals surface area contributed by atoms with Crippen molar-refractivity contribution in [3.63, 3.8) is 0 Å². The van der Waals surface area contributed by atoms with Gasteiger partial charge < -0.3 is 10.5 Å². The van der Waals surface area contributed by atoms with Crippen molar-refractivity contribution >= 4 is 17.6 Å². The van der Waals surface area contributed by atoms with Crippen molar-refractivity contribution in [3.8, 4) is 0 Å². The molecule has 0 amide bonds. The fourth-order valence-corrected chi connectivity index (χ4v) is 3.26. The van der Waals surface area contributed by atoms with Crippen LogP contribution in [0.15, 0.2) is 0 Å². The van der Waals surface area contributed by atoms with Gasteiger partial charge in [-0.25, -0.2) is 9.97 Å². The Morgan fingerprint density at radius 2 is 2.12 bits per heavy atom. The molecule has 3 rings (SSSR count). The van der Waals surface area contributed by atoms with Gasteiger partial charge in [0.05, 0.1) is 6.61 Å². The summed E-state index contributed by atoms with van der Waals surface area (Å²) in [7, 11) is 0.